The Kier molecular flexibility index (Phi) is 6.59. The van der Waals surface area contributed by atoms with E-state index in [1.165, 1.54) is 6.07 Å². The third kappa shape index (κ3) is 4.97. The summed E-state index contributed by atoms with van der Waals surface area (Å²) in [6.45, 7) is 3.02. The normalized spacial score (nSPS) is 11.7. The van der Waals surface area contributed by atoms with Crippen LogP contribution >= 0.6 is 23.2 Å². The molecule has 0 aliphatic rings. The summed E-state index contributed by atoms with van der Waals surface area (Å²) in [5.41, 5.74) is 2.78. The molecule has 0 unspecified atom stereocenters. The molecule has 0 saturated carbocycles. The van der Waals surface area contributed by atoms with Crippen LogP contribution in [0.2, 0.25) is 10.0 Å². The lowest BCUT2D eigenvalue weighted by Crippen LogP contribution is -2.15. The SMILES string of the molecule is CC(C)(O)c1cn(-c2ccc(-c3ccc(CO)c(F)c3)cc2)c(Cc2c(Cl)cccc2Cl)n1. The molecule has 3 aromatic carbocycles. The van der Waals surface area contributed by atoms with Gasteiger partial charge in [-0.25, -0.2) is 9.37 Å². The minimum absolute atomic E-state index is 0.260. The molecule has 2 N–H and O–H groups in total. The summed E-state index contributed by atoms with van der Waals surface area (Å²) in [6.07, 6.45) is 2.18. The van der Waals surface area contributed by atoms with Gasteiger partial charge in [-0.15, -0.1) is 0 Å². The van der Waals surface area contributed by atoms with E-state index in [0.29, 0.717) is 33.5 Å². The fraction of sp³-hybridized carbons (Fsp3) is 0.192. The van der Waals surface area contributed by atoms with Gasteiger partial charge in [0.05, 0.1) is 12.3 Å². The van der Waals surface area contributed by atoms with Gasteiger partial charge in [-0.2, -0.15) is 0 Å². The van der Waals surface area contributed by atoms with Crippen molar-refractivity contribution in [2.24, 2.45) is 0 Å². The number of imidazole rings is 1. The van der Waals surface area contributed by atoms with Crippen LogP contribution in [0, 0.1) is 5.82 Å². The molecule has 0 aliphatic heterocycles. The summed E-state index contributed by atoms with van der Waals surface area (Å²) in [5.74, 6) is 0.232. The first kappa shape index (κ1) is 23.5. The van der Waals surface area contributed by atoms with Gasteiger partial charge in [-0.05, 0) is 60.9 Å². The Labute approximate surface area is 201 Å². The molecule has 0 fully saturated rings. The average Bonchev–Trinajstić information content (AvgIpc) is 3.21. The molecule has 0 saturated heterocycles. The highest BCUT2D eigenvalue weighted by Gasteiger charge is 2.23. The summed E-state index contributed by atoms with van der Waals surface area (Å²) in [7, 11) is 0. The first-order chi connectivity index (χ1) is 15.7. The maximum atomic E-state index is 14.1. The summed E-state index contributed by atoms with van der Waals surface area (Å²) >= 11 is 12.8. The molecule has 1 aromatic heterocycles. The van der Waals surface area contributed by atoms with Crippen LogP contribution < -0.4 is 0 Å². The summed E-state index contributed by atoms with van der Waals surface area (Å²) in [6, 6.07) is 17.7. The standard InChI is InChI=1S/C26H23Cl2FN2O2/c1-26(2,33)24-14-31(25(30-24)13-20-21(27)4-3-5-22(20)28)19-10-8-16(9-11-19)17-6-7-18(15-32)23(29)12-17/h3-12,14,32-33H,13,15H2,1-2H3. The highest BCUT2D eigenvalue weighted by Crippen LogP contribution is 2.30. The molecule has 170 valence electrons. The molecule has 1 heterocycles. The number of aliphatic hydroxyl groups excluding tert-OH is 1. The number of rotatable bonds is 6. The molecule has 0 bridgehead atoms. The molecule has 4 nitrogen and oxygen atoms in total. The van der Waals surface area contributed by atoms with Crippen LogP contribution in [-0.4, -0.2) is 19.8 Å². The summed E-state index contributed by atoms with van der Waals surface area (Å²) in [4.78, 5) is 4.67. The van der Waals surface area contributed by atoms with Crippen molar-refractivity contribution in [2.45, 2.75) is 32.5 Å². The third-order valence-corrected chi connectivity index (χ3v) is 6.21. The van der Waals surface area contributed by atoms with Crippen molar-refractivity contribution in [1.82, 2.24) is 9.55 Å². The molecule has 0 amide bonds. The lowest BCUT2D eigenvalue weighted by Gasteiger charge is -2.13. The van der Waals surface area contributed by atoms with Gasteiger partial charge in [-0.3, -0.25) is 0 Å². The molecular formula is C26H23Cl2FN2O2. The molecule has 0 spiro atoms. The zero-order valence-electron chi connectivity index (χ0n) is 18.2. The Balaban J connectivity index is 1.73. The van der Waals surface area contributed by atoms with Crippen LogP contribution in [0.3, 0.4) is 0 Å². The minimum atomic E-state index is -1.13. The smallest absolute Gasteiger partial charge is 0.129 e. The van der Waals surface area contributed by atoms with E-state index >= 15 is 0 Å². The van der Waals surface area contributed by atoms with Gasteiger partial charge < -0.3 is 14.8 Å². The van der Waals surface area contributed by atoms with E-state index in [4.69, 9.17) is 23.2 Å². The van der Waals surface area contributed by atoms with Crippen LogP contribution in [0.5, 0.6) is 0 Å². The topological polar surface area (TPSA) is 58.3 Å². The van der Waals surface area contributed by atoms with Gasteiger partial charge in [0.15, 0.2) is 0 Å². The molecular weight excluding hydrogens is 462 g/mol. The van der Waals surface area contributed by atoms with Crippen LogP contribution in [0.25, 0.3) is 16.8 Å². The molecule has 4 aromatic rings. The van der Waals surface area contributed by atoms with Crippen molar-refractivity contribution in [2.75, 3.05) is 0 Å². The fourth-order valence-electron chi connectivity index (χ4n) is 3.59. The van der Waals surface area contributed by atoms with Crippen LogP contribution in [0.1, 0.15) is 36.5 Å². The lowest BCUT2D eigenvalue weighted by molar-refractivity contribution is 0.0741. The Morgan fingerprint density at radius 2 is 1.61 bits per heavy atom. The Morgan fingerprint density at radius 3 is 2.18 bits per heavy atom. The number of hydrogen-bond donors (Lipinski definition) is 2. The lowest BCUT2D eigenvalue weighted by atomic mass is 10.0. The van der Waals surface area contributed by atoms with Gasteiger partial charge in [0, 0.05) is 33.9 Å². The van der Waals surface area contributed by atoms with Crippen molar-refractivity contribution in [1.29, 1.82) is 0 Å². The molecule has 0 atom stereocenters. The second-order valence-electron chi connectivity index (χ2n) is 8.36. The van der Waals surface area contributed by atoms with Gasteiger partial charge >= 0.3 is 0 Å². The summed E-state index contributed by atoms with van der Waals surface area (Å²) < 4.78 is 16.0. The zero-order chi connectivity index (χ0) is 23.8. The van der Waals surface area contributed by atoms with Crippen LogP contribution in [0.15, 0.2) is 66.9 Å². The van der Waals surface area contributed by atoms with Crippen molar-refractivity contribution in [3.05, 3.63) is 105 Å². The predicted octanol–water partition coefficient (Wildman–Crippen LogP) is 6.30. The van der Waals surface area contributed by atoms with E-state index in [1.54, 1.807) is 50.4 Å². The monoisotopic (exact) mass is 484 g/mol. The average molecular weight is 485 g/mol. The largest absolute Gasteiger partial charge is 0.392 e. The third-order valence-electron chi connectivity index (χ3n) is 5.50. The van der Waals surface area contributed by atoms with Crippen LogP contribution in [0.4, 0.5) is 4.39 Å². The van der Waals surface area contributed by atoms with Crippen molar-refractivity contribution >= 4 is 23.2 Å². The summed E-state index contributed by atoms with van der Waals surface area (Å²) in [5, 5.41) is 20.8. The van der Waals surface area contributed by atoms with Crippen molar-refractivity contribution < 1.29 is 14.6 Å². The maximum absolute atomic E-state index is 14.1. The number of benzene rings is 3. The van der Waals surface area contributed by atoms with Gasteiger partial charge in [0.1, 0.15) is 17.2 Å². The van der Waals surface area contributed by atoms with E-state index in [0.717, 1.165) is 16.8 Å². The molecule has 33 heavy (non-hydrogen) atoms. The fourth-order valence-corrected chi connectivity index (χ4v) is 4.12. The predicted molar refractivity (Wildman–Crippen MR) is 129 cm³/mol. The van der Waals surface area contributed by atoms with E-state index in [2.05, 4.69) is 4.98 Å². The number of aromatic nitrogens is 2. The number of nitrogens with zero attached hydrogens (tertiary/aromatic N) is 2. The van der Waals surface area contributed by atoms with E-state index in [1.807, 2.05) is 28.8 Å². The first-order valence-electron chi connectivity index (χ1n) is 10.4. The van der Waals surface area contributed by atoms with Crippen molar-refractivity contribution in [3.8, 4) is 16.8 Å². The van der Waals surface area contributed by atoms with E-state index in [-0.39, 0.29) is 12.2 Å². The number of hydrogen-bond acceptors (Lipinski definition) is 3. The molecule has 4 rings (SSSR count). The molecule has 0 aliphatic carbocycles. The Morgan fingerprint density at radius 1 is 0.970 bits per heavy atom. The highest BCUT2D eigenvalue weighted by molar-refractivity contribution is 6.36. The zero-order valence-corrected chi connectivity index (χ0v) is 19.7. The first-order valence-corrected chi connectivity index (χ1v) is 11.2. The second kappa shape index (κ2) is 9.27. The highest BCUT2D eigenvalue weighted by atomic mass is 35.5. The van der Waals surface area contributed by atoms with E-state index < -0.39 is 11.4 Å². The minimum Gasteiger partial charge on any atom is -0.392 e. The molecule has 7 heteroatoms. The molecule has 0 radical (unpaired) electrons. The maximum Gasteiger partial charge on any atom is 0.129 e. The second-order valence-corrected chi connectivity index (χ2v) is 9.17. The van der Waals surface area contributed by atoms with Gasteiger partial charge in [-0.1, -0.05) is 53.5 Å². The van der Waals surface area contributed by atoms with Crippen LogP contribution in [-0.2, 0) is 18.6 Å². The van der Waals surface area contributed by atoms with E-state index in [9.17, 15) is 14.6 Å². The van der Waals surface area contributed by atoms with Gasteiger partial charge in [0.25, 0.3) is 0 Å². The van der Waals surface area contributed by atoms with Gasteiger partial charge in [0.2, 0.25) is 0 Å². The quantitative estimate of drug-likeness (QED) is 0.337. The number of halogens is 3. The van der Waals surface area contributed by atoms with Crippen molar-refractivity contribution in [3.63, 3.8) is 0 Å². The Bertz CT molecular complexity index is 1270. The Hall–Kier alpha value is -2.70. The number of aliphatic hydroxyl groups is 2.